The first kappa shape index (κ1) is 16.3. The molecule has 0 aromatic heterocycles. The maximum atomic E-state index is 5.97. The van der Waals surface area contributed by atoms with E-state index in [1.54, 1.807) is 0 Å². The number of benzene rings is 1. The molecule has 1 aromatic rings. The van der Waals surface area contributed by atoms with E-state index in [4.69, 9.17) is 9.47 Å². The quantitative estimate of drug-likeness (QED) is 0.743. The first-order chi connectivity index (χ1) is 10.1. The van der Waals surface area contributed by atoms with Gasteiger partial charge in [0.05, 0.1) is 17.7 Å². The fraction of sp³-hybridized carbons (Fsp3) is 0.667. The molecule has 0 saturated heterocycles. The maximum absolute atomic E-state index is 5.97. The topological polar surface area (TPSA) is 30.5 Å². The molecule has 21 heavy (non-hydrogen) atoms. The molecule has 1 atom stereocenters. The number of nitrogens with one attached hydrogen (secondary N) is 1. The lowest BCUT2D eigenvalue weighted by Crippen LogP contribution is -2.42. The highest BCUT2D eigenvalue weighted by atomic mass is 16.5. The van der Waals surface area contributed by atoms with Gasteiger partial charge in [0.2, 0.25) is 0 Å². The Morgan fingerprint density at radius 3 is 2.67 bits per heavy atom. The van der Waals surface area contributed by atoms with Gasteiger partial charge in [0, 0.05) is 6.61 Å². The zero-order valence-electron chi connectivity index (χ0n) is 13.8. The van der Waals surface area contributed by atoms with E-state index in [1.165, 1.54) is 18.4 Å². The van der Waals surface area contributed by atoms with E-state index in [1.807, 2.05) is 13.0 Å². The lowest BCUT2D eigenvalue weighted by molar-refractivity contribution is -0.0392. The molecule has 0 spiro atoms. The average Bonchev–Trinajstić information content (AvgIpc) is 3.23. The summed E-state index contributed by atoms with van der Waals surface area (Å²) >= 11 is 0. The average molecular weight is 291 g/mol. The SMILES string of the molecule is CCCNC(c1cccc(OC2CC2)c1)C(C)(C)OCC. The zero-order chi connectivity index (χ0) is 15.3. The Bertz CT molecular complexity index is 441. The highest BCUT2D eigenvalue weighted by Crippen LogP contribution is 2.33. The van der Waals surface area contributed by atoms with Gasteiger partial charge in [0.15, 0.2) is 0 Å². The molecule has 1 fully saturated rings. The summed E-state index contributed by atoms with van der Waals surface area (Å²) in [7, 11) is 0. The normalized spacial score (nSPS) is 16.8. The minimum Gasteiger partial charge on any atom is -0.490 e. The third-order valence-electron chi connectivity index (χ3n) is 3.83. The van der Waals surface area contributed by atoms with Gasteiger partial charge in [-0.25, -0.2) is 0 Å². The predicted octanol–water partition coefficient (Wildman–Crippen LogP) is 4.08. The van der Waals surface area contributed by atoms with Crippen molar-refractivity contribution in [2.75, 3.05) is 13.2 Å². The molecule has 1 unspecified atom stereocenters. The van der Waals surface area contributed by atoms with E-state index in [0.29, 0.717) is 6.10 Å². The van der Waals surface area contributed by atoms with E-state index >= 15 is 0 Å². The number of hydrogen-bond acceptors (Lipinski definition) is 3. The molecular weight excluding hydrogens is 262 g/mol. The van der Waals surface area contributed by atoms with Crippen LogP contribution in [0, 0.1) is 0 Å². The van der Waals surface area contributed by atoms with Gasteiger partial charge in [-0.05, 0) is 64.3 Å². The van der Waals surface area contributed by atoms with Crippen LogP contribution in [0.4, 0.5) is 0 Å². The zero-order valence-corrected chi connectivity index (χ0v) is 13.8. The fourth-order valence-electron chi connectivity index (χ4n) is 2.65. The summed E-state index contributed by atoms with van der Waals surface area (Å²) in [6, 6.07) is 8.61. The minimum atomic E-state index is -0.248. The van der Waals surface area contributed by atoms with Gasteiger partial charge in [0.25, 0.3) is 0 Å². The van der Waals surface area contributed by atoms with E-state index in [-0.39, 0.29) is 11.6 Å². The molecular formula is C18H29NO2. The van der Waals surface area contributed by atoms with Crippen LogP contribution in [0.3, 0.4) is 0 Å². The highest BCUT2D eigenvalue weighted by Gasteiger charge is 2.31. The molecule has 3 heteroatoms. The predicted molar refractivity (Wildman–Crippen MR) is 86.8 cm³/mol. The third kappa shape index (κ3) is 4.72. The summed E-state index contributed by atoms with van der Waals surface area (Å²) < 4.78 is 11.9. The summed E-state index contributed by atoms with van der Waals surface area (Å²) in [5.41, 5.74) is 0.988. The molecule has 1 N–H and O–H groups in total. The summed E-state index contributed by atoms with van der Waals surface area (Å²) in [4.78, 5) is 0. The Morgan fingerprint density at radius 2 is 2.05 bits per heavy atom. The van der Waals surface area contributed by atoms with E-state index < -0.39 is 0 Å². The van der Waals surface area contributed by atoms with Crippen LogP contribution < -0.4 is 10.1 Å². The van der Waals surface area contributed by atoms with Crippen LogP contribution in [-0.4, -0.2) is 24.9 Å². The smallest absolute Gasteiger partial charge is 0.120 e. The molecule has 0 bridgehead atoms. The van der Waals surface area contributed by atoms with E-state index in [2.05, 4.69) is 44.3 Å². The van der Waals surface area contributed by atoms with Gasteiger partial charge in [-0.3, -0.25) is 0 Å². The summed E-state index contributed by atoms with van der Waals surface area (Å²) in [5, 5.41) is 3.63. The number of ether oxygens (including phenoxy) is 2. The van der Waals surface area contributed by atoms with Crippen LogP contribution >= 0.6 is 0 Å². The summed E-state index contributed by atoms with van der Waals surface area (Å²) in [6.07, 6.45) is 3.91. The van der Waals surface area contributed by atoms with Crippen molar-refractivity contribution in [2.45, 2.75) is 64.7 Å². The first-order valence-electron chi connectivity index (χ1n) is 8.20. The van der Waals surface area contributed by atoms with Crippen molar-refractivity contribution >= 4 is 0 Å². The van der Waals surface area contributed by atoms with Crippen molar-refractivity contribution < 1.29 is 9.47 Å². The summed E-state index contributed by atoms with van der Waals surface area (Å²) in [5.74, 6) is 0.977. The lowest BCUT2D eigenvalue weighted by Gasteiger charge is -2.35. The van der Waals surface area contributed by atoms with Crippen molar-refractivity contribution in [3.05, 3.63) is 29.8 Å². The molecule has 1 aliphatic carbocycles. The Morgan fingerprint density at radius 1 is 1.29 bits per heavy atom. The van der Waals surface area contributed by atoms with Crippen molar-refractivity contribution in [1.82, 2.24) is 5.32 Å². The first-order valence-corrected chi connectivity index (χ1v) is 8.20. The van der Waals surface area contributed by atoms with Gasteiger partial charge in [-0.1, -0.05) is 19.1 Å². The molecule has 0 amide bonds. The van der Waals surface area contributed by atoms with Crippen LogP contribution in [0.1, 0.15) is 58.6 Å². The molecule has 2 rings (SSSR count). The highest BCUT2D eigenvalue weighted by molar-refractivity contribution is 5.32. The Hall–Kier alpha value is -1.06. The molecule has 3 nitrogen and oxygen atoms in total. The second-order valence-electron chi connectivity index (χ2n) is 6.31. The second kappa shape index (κ2) is 7.28. The third-order valence-corrected chi connectivity index (χ3v) is 3.83. The van der Waals surface area contributed by atoms with Crippen molar-refractivity contribution in [2.24, 2.45) is 0 Å². The monoisotopic (exact) mass is 291 g/mol. The van der Waals surface area contributed by atoms with Gasteiger partial charge in [-0.2, -0.15) is 0 Å². The lowest BCUT2D eigenvalue weighted by atomic mass is 9.91. The van der Waals surface area contributed by atoms with Gasteiger partial charge < -0.3 is 14.8 Å². The van der Waals surface area contributed by atoms with Crippen LogP contribution in [-0.2, 0) is 4.74 Å². The second-order valence-corrected chi connectivity index (χ2v) is 6.31. The largest absolute Gasteiger partial charge is 0.490 e. The van der Waals surface area contributed by atoms with Crippen molar-refractivity contribution in [3.63, 3.8) is 0 Å². The van der Waals surface area contributed by atoms with Gasteiger partial charge >= 0.3 is 0 Å². The molecule has 118 valence electrons. The van der Waals surface area contributed by atoms with Crippen LogP contribution in [0.25, 0.3) is 0 Å². The Kier molecular flexibility index (Phi) is 5.65. The van der Waals surface area contributed by atoms with E-state index in [9.17, 15) is 0 Å². The molecule has 0 aliphatic heterocycles. The molecule has 1 saturated carbocycles. The van der Waals surface area contributed by atoms with Crippen molar-refractivity contribution in [1.29, 1.82) is 0 Å². The molecule has 0 radical (unpaired) electrons. The molecule has 1 aliphatic rings. The van der Waals surface area contributed by atoms with Crippen LogP contribution in [0.15, 0.2) is 24.3 Å². The number of rotatable bonds is 9. The standard InChI is InChI=1S/C18H29NO2/c1-5-12-19-17(18(3,4)20-6-2)14-8-7-9-16(13-14)21-15-10-11-15/h7-9,13,15,17,19H,5-6,10-12H2,1-4H3. The molecule has 0 heterocycles. The van der Waals surface area contributed by atoms with Crippen LogP contribution in [0.5, 0.6) is 5.75 Å². The number of hydrogen-bond donors (Lipinski definition) is 1. The van der Waals surface area contributed by atoms with Gasteiger partial charge in [-0.15, -0.1) is 0 Å². The van der Waals surface area contributed by atoms with Gasteiger partial charge in [0.1, 0.15) is 5.75 Å². The summed E-state index contributed by atoms with van der Waals surface area (Å²) in [6.45, 7) is 10.2. The minimum absolute atomic E-state index is 0.167. The Labute approximate surface area is 129 Å². The van der Waals surface area contributed by atoms with Crippen LogP contribution in [0.2, 0.25) is 0 Å². The maximum Gasteiger partial charge on any atom is 0.120 e. The van der Waals surface area contributed by atoms with E-state index in [0.717, 1.165) is 25.3 Å². The Balaban J connectivity index is 2.17. The van der Waals surface area contributed by atoms with Crippen molar-refractivity contribution in [3.8, 4) is 5.75 Å². The fourth-order valence-corrected chi connectivity index (χ4v) is 2.65. The molecule has 1 aromatic carbocycles.